The lowest BCUT2D eigenvalue weighted by Crippen LogP contribution is -2.18. The Labute approximate surface area is 92.3 Å². The van der Waals surface area contributed by atoms with Crippen LogP contribution in [-0.4, -0.2) is 5.78 Å². The molecule has 1 nitrogen and oxygen atoms in total. The Bertz CT molecular complexity index is 326. The van der Waals surface area contributed by atoms with Crippen LogP contribution in [0.3, 0.4) is 0 Å². The van der Waals surface area contributed by atoms with Gasteiger partial charge in [0.05, 0.1) is 0 Å². The van der Waals surface area contributed by atoms with Crippen molar-refractivity contribution in [1.82, 2.24) is 0 Å². The predicted octanol–water partition coefficient (Wildman–Crippen LogP) is 3.51. The molecule has 0 amide bonds. The first-order valence-electron chi connectivity index (χ1n) is 6.00. The largest absolute Gasteiger partial charge is 0.295 e. The van der Waals surface area contributed by atoms with Gasteiger partial charge in [0.15, 0.2) is 5.78 Å². The second-order valence-corrected chi connectivity index (χ2v) is 5.13. The SMILES string of the molecule is C=C1C(C)C2CCC1(C=CC(=O)CC)C2. The van der Waals surface area contributed by atoms with E-state index in [9.17, 15) is 4.79 Å². The van der Waals surface area contributed by atoms with Crippen LogP contribution >= 0.6 is 0 Å². The summed E-state index contributed by atoms with van der Waals surface area (Å²) in [7, 11) is 0. The van der Waals surface area contributed by atoms with Gasteiger partial charge in [-0.1, -0.05) is 32.1 Å². The molecule has 2 aliphatic rings. The molecule has 0 aromatic carbocycles. The summed E-state index contributed by atoms with van der Waals surface area (Å²) in [5, 5.41) is 0. The lowest BCUT2D eigenvalue weighted by Gasteiger charge is -2.28. The Hall–Kier alpha value is -0.850. The van der Waals surface area contributed by atoms with Gasteiger partial charge in [0.25, 0.3) is 0 Å². The summed E-state index contributed by atoms with van der Waals surface area (Å²) in [6.45, 7) is 8.42. The van der Waals surface area contributed by atoms with Gasteiger partial charge in [-0.3, -0.25) is 4.79 Å². The van der Waals surface area contributed by atoms with Gasteiger partial charge < -0.3 is 0 Å². The maximum Gasteiger partial charge on any atom is 0.155 e. The molecule has 2 saturated carbocycles. The van der Waals surface area contributed by atoms with Crippen LogP contribution in [0, 0.1) is 17.3 Å². The molecule has 0 radical (unpaired) electrons. The van der Waals surface area contributed by atoms with E-state index in [1.54, 1.807) is 6.08 Å². The lowest BCUT2D eigenvalue weighted by molar-refractivity contribution is -0.114. The van der Waals surface area contributed by atoms with E-state index in [1.807, 2.05) is 6.92 Å². The van der Waals surface area contributed by atoms with E-state index in [-0.39, 0.29) is 11.2 Å². The molecule has 2 fully saturated rings. The Morgan fingerprint density at radius 2 is 2.40 bits per heavy atom. The zero-order valence-corrected chi connectivity index (χ0v) is 9.75. The van der Waals surface area contributed by atoms with Crippen molar-refractivity contribution >= 4 is 5.78 Å². The predicted molar refractivity (Wildman–Crippen MR) is 62.5 cm³/mol. The quantitative estimate of drug-likeness (QED) is 0.508. The van der Waals surface area contributed by atoms with Crippen molar-refractivity contribution in [3.63, 3.8) is 0 Å². The van der Waals surface area contributed by atoms with Crippen LogP contribution in [0.4, 0.5) is 0 Å². The zero-order chi connectivity index (χ0) is 11.1. The summed E-state index contributed by atoms with van der Waals surface area (Å²) in [4.78, 5) is 11.3. The molecular weight excluding hydrogens is 184 g/mol. The Kier molecular flexibility index (Phi) is 2.57. The van der Waals surface area contributed by atoms with E-state index in [2.05, 4.69) is 19.6 Å². The Morgan fingerprint density at radius 3 is 2.93 bits per heavy atom. The monoisotopic (exact) mass is 204 g/mol. The topological polar surface area (TPSA) is 17.1 Å². The van der Waals surface area contributed by atoms with Gasteiger partial charge in [-0.15, -0.1) is 0 Å². The minimum atomic E-state index is 0.176. The van der Waals surface area contributed by atoms with Crippen LogP contribution in [-0.2, 0) is 4.79 Å². The van der Waals surface area contributed by atoms with E-state index >= 15 is 0 Å². The van der Waals surface area contributed by atoms with Gasteiger partial charge in [0.1, 0.15) is 0 Å². The Morgan fingerprint density at radius 1 is 1.67 bits per heavy atom. The maximum absolute atomic E-state index is 11.3. The summed E-state index contributed by atoms with van der Waals surface area (Å²) in [6, 6.07) is 0. The fraction of sp³-hybridized carbons (Fsp3) is 0.643. The molecule has 0 heterocycles. The number of fused-ring (bicyclic) bond motifs is 2. The molecule has 2 rings (SSSR count). The van der Waals surface area contributed by atoms with Crippen LogP contribution in [0.15, 0.2) is 24.3 Å². The molecule has 0 saturated heterocycles. The molecule has 1 heteroatoms. The van der Waals surface area contributed by atoms with Crippen LogP contribution in [0.2, 0.25) is 0 Å². The van der Waals surface area contributed by atoms with E-state index in [1.165, 1.54) is 24.8 Å². The highest BCUT2D eigenvalue weighted by molar-refractivity contribution is 5.89. The number of carbonyl (C=O) groups is 1. The third-order valence-electron chi connectivity index (χ3n) is 4.42. The summed E-state index contributed by atoms with van der Waals surface area (Å²) < 4.78 is 0. The maximum atomic E-state index is 11.3. The smallest absolute Gasteiger partial charge is 0.155 e. The molecule has 0 N–H and O–H groups in total. The Balaban J connectivity index is 2.17. The normalized spacial score (nSPS) is 39.2. The van der Waals surface area contributed by atoms with Crippen molar-refractivity contribution in [3.8, 4) is 0 Å². The first-order chi connectivity index (χ1) is 7.09. The third kappa shape index (κ3) is 1.58. The number of ketones is 1. The average molecular weight is 204 g/mol. The summed E-state index contributed by atoms with van der Waals surface area (Å²) in [5.74, 6) is 1.71. The van der Waals surface area contributed by atoms with Crippen molar-refractivity contribution < 1.29 is 4.79 Å². The minimum Gasteiger partial charge on any atom is -0.295 e. The van der Waals surface area contributed by atoms with Gasteiger partial charge in [-0.2, -0.15) is 0 Å². The molecule has 3 atom stereocenters. The highest BCUT2D eigenvalue weighted by Gasteiger charge is 2.49. The summed E-state index contributed by atoms with van der Waals surface area (Å²) in [5.41, 5.74) is 1.54. The van der Waals surface area contributed by atoms with E-state index in [4.69, 9.17) is 0 Å². The van der Waals surface area contributed by atoms with Crippen LogP contribution in [0.1, 0.15) is 39.5 Å². The first kappa shape index (κ1) is 10.7. The second-order valence-electron chi connectivity index (χ2n) is 5.13. The minimum absolute atomic E-state index is 0.176. The fourth-order valence-corrected chi connectivity index (χ4v) is 3.20. The molecule has 82 valence electrons. The number of carbonyl (C=O) groups excluding carboxylic acids is 1. The molecule has 3 unspecified atom stereocenters. The van der Waals surface area contributed by atoms with Crippen molar-refractivity contribution in [1.29, 1.82) is 0 Å². The first-order valence-corrected chi connectivity index (χ1v) is 6.00. The van der Waals surface area contributed by atoms with Crippen molar-refractivity contribution in [2.24, 2.45) is 17.3 Å². The average Bonchev–Trinajstić information content (AvgIpc) is 2.76. The number of rotatable bonds is 3. The van der Waals surface area contributed by atoms with E-state index in [0.29, 0.717) is 12.3 Å². The molecule has 2 aliphatic carbocycles. The van der Waals surface area contributed by atoms with Gasteiger partial charge in [0.2, 0.25) is 0 Å². The number of hydrogen-bond donors (Lipinski definition) is 0. The molecule has 0 aromatic rings. The van der Waals surface area contributed by atoms with Crippen molar-refractivity contribution in [2.75, 3.05) is 0 Å². The van der Waals surface area contributed by atoms with Gasteiger partial charge in [0, 0.05) is 11.8 Å². The highest BCUT2D eigenvalue weighted by atomic mass is 16.1. The van der Waals surface area contributed by atoms with Crippen molar-refractivity contribution in [3.05, 3.63) is 24.3 Å². The van der Waals surface area contributed by atoms with E-state index < -0.39 is 0 Å². The van der Waals surface area contributed by atoms with Crippen molar-refractivity contribution in [2.45, 2.75) is 39.5 Å². The number of allylic oxidation sites excluding steroid dienone is 3. The highest BCUT2D eigenvalue weighted by Crippen LogP contribution is 2.60. The van der Waals surface area contributed by atoms with Gasteiger partial charge in [-0.25, -0.2) is 0 Å². The van der Waals surface area contributed by atoms with Crippen LogP contribution in [0.5, 0.6) is 0 Å². The lowest BCUT2D eigenvalue weighted by atomic mass is 9.76. The fourth-order valence-electron chi connectivity index (χ4n) is 3.20. The summed E-state index contributed by atoms with van der Waals surface area (Å²) in [6.07, 6.45) is 8.27. The second kappa shape index (κ2) is 3.62. The molecule has 0 aromatic heterocycles. The van der Waals surface area contributed by atoms with E-state index in [0.717, 1.165) is 5.92 Å². The number of hydrogen-bond acceptors (Lipinski definition) is 1. The molecule has 2 bridgehead atoms. The molecule has 15 heavy (non-hydrogen) atoms. The van der Waals surface area contributed by atoms with Crippen LogP contribution < -0.4 is 0 Å². The molecule has 0 spiro atoms. The summed E-state index contributed by atoms with van der Waals surface area (Å²) >= 11 is 0. The van der Waals surface area contributed by atoms with Crippen LogP contribution in [0.25, 0.3) is 0 Å². The van der Waals surface area contributed by atoms with Gasteiger partial charge >= 0.3 is 0 Å². The third-order valence-corrected chi connectivity index (χ3v) is 4.42. The van der Waals surface area contributed by atoms with Gasteiger partial charge in [-0.05, 0) is 37.2 Å². The molecular formula is C14H20O. The zero-order valence-electron chi connectivity index (χ0n) is 9.75. The standard InChI is InChI=1S/C14H20O/c1-4-13(15)6-8-14-7-5-12(9-14)10(2)11(14)3/h6,8,10,12H,3-5,7,9H2,1-2H3. The molecule has 0 aliphatic heterocycles.